The number of nitrogens with zero attached hydrogens (tertiary/aromatic N) is 2. The summed E-state index contributed by atoms with van der Waals surface area (Å²) >= 11 is 0. The molecular weight excluding hydrogens is 238 g/mol. The zero-order valence-electron chi connectivity index (χ0n) is 12.0. The lowest BCUT2D eigenvalue weighted by molar-refractivity contribution is 0.343. The van der Waals surface area contributed by atoms with Gasteiger partial charge in [0.2, 0.25) is 5.89 Å². The first kappa shape index (κ1) is 13.7. The predicted molar refractivity (Wildman–Crippen MR) is 75.1 cm³/mol. The average molecular weight is 259 g/mol. The summed E-state index contributed by atoms with van der Waals surface area (Å²) in [6, 6.07) is 6.40. The van der Waals surface area contributed by atoms with Gasteiger partial charge < -0.3 is 10.3 Å². The second-order valence-corrected chi connectivity index (χ2v) is 5.29. The second-order valence-electron chi connectivity index (χ2n) is 5.29. The Morgan fingerprint density at radius 2 is 1.95 bits per heavy atom. The van der Waals surface area contributed by atoms with Crippen LogP contribution in [0.1, 0.15) is 48.2 Å². The molecule has 4 heteroatoms. The smallest absolute Gasteiger partial charge is 0.231 e. The highest BCUT2D eigenvalue weighted by molar-refractivity contribution is 5.31. The molecule has 0 radical (unpaired) electrons. The molecule has 0 aliphatic carbocycles. The van der Waals surface area contributed by atoms with E-state index in [0.29, 0.717) is 18.1 Å². The number of hydrogen-bond acceptors (Lipinski definition) is 4. The van der Waals surface area contributed by atoms with Crippen LogP contribution in [0.4, 0.5) is 0 Å². The lowest BCUT2D eigenvalue weighted by Crippen LogP contribution is -2.22. The van der Waals surface area contributed by atoms with Crippen molar-refractivity contribution in [3.8, 4) is 0 Å². The molecular formula is C15H21N3O. The van der Waals surface area contributed by atoms with E-state index in [9.17, 15) is 0 Å². The minimum atomic E-state index is 0.00918. The Labute approximate surface area is 114 Å². The van der Waals surface area contributed by atoms with E-state index in [1.165, 1.54) is 16.7 Å². The van der Waals surface area contributed by atoms with E-state index in [4.69, 9.17) is 10.3 Å². The normalized spacial score (nSPS) is 14.4. The van der Waals surface area contributed by atoms with E-state index >= 15 is 0 Å². The summed E-state index contributed by atoms with van der Waals surface area (Å²) in [5, 5.41) is 4.03. The highest BCUT2D eigenvalue weighted by Crippen LogP contribution is 2.17. The van der Waals surface area contributed by atoms with Crippen LogP contribution in [-0.4, -0.2) is 16.2 Å². The van der Waals surface area contributed by atoms with Crippen molar-refractivity contribution >= 4 is 0 Å². The van der Waals surface area contributed by atoms with Gasteiger partial charge in [0.25, 0.3) is 0 Å². The first-order valence-corrected chi connectivity index (χ1v) is 6.61. The molecule has 4 nitrogen and oxygen atoms in total. The molecule has 19 heavy (non-hydrogen) atoms. The van der Waals surface area contributed by atoms with Gasteiger partial charge in [-0.1, -0.05) is 30.3 Å². The van der Waals surface area contributed by atoms with E-state index in [2.05, 4.69) is 42.2 Å². The highest BCUT2D eigenvalue weighted by atomic mass is 16.5. The molecule has 2 aromatic rings. The minimum Gasteiger partial charge on any atom is -0.339 e. The van der Waals surface area contributed by atoms with Crippen molar-refractivity contribution in [1.82, 2.24) is 10.1 Å². The van der Waals surface area contributed by atoms with Crippen LogP contribution < -0.4 is 5.73 Å². The van der Waals surface area contributed by atoms with Gasteiger partial charge in [0.05, 0.1) is 5.92 Å². The van der Waals surface area contributed by atoms with Crippen molar-refractivity contribution in [2.75, 3.05) is 0 Å². The van der Waals surface area contributed by atoms with Gasteiger partial charge in [-0.25, -0.2) is 0 Å². The van der Waals surface area contributed by atoms with Crippen LogP contribution >= 0.6 is 0 Å². The van der Waals surface area contributed by atoms with Crippen molar-refractivity contribution < 1.29 is 4.52 Å². The van der Waals surface area contributed by atoms with Crippen molar-refractivity contribution in [2.24, 2.45) is 5.73 Å². The Hall–Kier alpha value is -1.68. The zero-order valence-corrected chi connectivity index (χ0v) is 12.0. The molecule has 0 amide bonds. The summed E-state index contributed by atoms with van der Waals surface area (Å²) in [6.45, 7) is 8.16. The fourth-order valence-corrected chi connectivity index (χ4v) is 1.85. The fraction of sp³-hybridized carbons (Fsp3) is 0.467. The third kappa shape index (κ3) is 3.20. The third-order valence-corrected chi connectivity index (χ3v) is 3.60. The van der Waals surface area contributed by atoms with Gasteiger partial charge >= 0.3 is 0 Å². The standard InChI is InChI=1S/C15H21N3O/c1-9-5-6-13(7-10(9)2)8-14-17-15(19-18-14)11(3)12(4)16/h5-7,11-12H,8,16H2,1-4H3. The molecule has 102 valence electrons. The molecule has 1 heterocycles. The van der Waals surface area contributed by atoms with Gasteiger partial charge in [-0.05, 0) is 37.5 Å². The number of benzene rings is 1. The topological polar surface area (TPSA) is 64.9 Å². The van der Waals surface area contributed by atoms with Crippen LogP contribution in [0.3, 0.4) is 0 Å². The molecule has 1 aromatic carbocycles. The zero-order chi connectivity index (χ0) is 14.0. The van der Waals surface area contributed by atoms with Gasteiger partial charge in [-0.3, -0.25) is 0 Å². The van der Waals surface area contributed by atoms with Gasteiger partial charge in [0, 0.05) is 12.5 Å². The summed E-state index contributed by atoms with van der Waals surface area (Å²) in [5.74, 6) is 1.42. The van der Waals surface area contributed by atoms with Crippen LogP contribution in [-0.2, 0) is 6.42 Å². The van der Waals surface area contributed by atoms with E-state index in [1.54, 1.807) is 0 Å². The first-order chi connectivity index (χ1) is 8.97. The summed E-state index contributed by atoms with van der Waals surface area (Å²) < 4.78 is 5.27. The van der Waals surface area contributed by atoms with Crippen LogP contribution in [0.15, 0.2) is 22.7 Å². The summed E-state index contributed by atoms with van der Waals surface area (Å²) in [6.07, 6.45) is 0.691. The molecule has 1 aromatic heterocycles. The van der Waals surface area contributed by atoms with Crippen LogP contribution in [0.25, 0.3) is 0 Å². The molecule has 0 saturated heterocycles. The first-order valence-electron chi connectivity index (χ1n) is 6.61. The largest absolute Gasteiger partial charge is 0.339 e. The molecule has 0 fully saturated rings. The van der Waals surface area contributed by atoms with E-state index in [-0.39, 0.29) is 12.0 Å². The average Bonchev–Trinajstić information content (AvgIpc) is 2.81. The van der Waals surface area contributed by atoms with Crippen molar-refractivity contribution in [2.45, 2.75) is 46.1 Å². The Bertz CT molecular complexity index is 560. The van der Waals surface area contributed by atoms with E-state index < -0.39 is 0 Å². The number of nitrogens with two attached hydrogens (primary N) is 1. The van der Waals surface area contributed by atoms with E-state index in [0.717, 1.165) is 0 Å². The number of rotatable bonds is 4. The highest BCUT2D eigenvalue weighted by Gasteiger charge is 2.17. The molecule has 2 atom stereocenters. The van der Waals surface area contributed by atoms with Crippen molar-refractivity contribution in [1.29, 1.82) is 0 Å². The number of aromatic nitrogens is 2. The predicted octanol–water partition coefficient (Wildman–Crippen LogP) is 2.73. The Morgan fingerprint density at radius 1 is 1.21 bits per heavy atom. The summed E-state index contributed by atoms with van der Waals surface area (Å²) in [5.41, 5.74) is 9.61. The minimum absolute atomic E-state index is 0.00918. The van der Waals surface area contributed by atoms with Gasteiger partial charge in [0.15, 0.2) is 5.82 Å². The Balaban J connectivity index is 2.13. The fourth-order valence-electron chi connectivity index (χ4n) is 1.85. The van der Waals surface area contributed by atoms with Gasteiger partial charge in [-0.2, -0.15) is 4.98 Å². The Kier molecular flexibility index (Phi) is 4.00. The van der Waals surface area contributed by atoms with Gasteiger partial charge in [0.1, 0.15) is 0 Å². The maximum absolute atomic E-state index is 5.84. The molecule has 0 aliphatic rings. The van der Waals surface area contributed by atoms with Crippen molar-refractivity contribution in [3.63, 3.8) is 0 Å². The Morgan fingerprint density at radius 3 is 2.58 bits per heavy atom. The van der Waals surface area contributed by atoms with Crippen LogP contribution in [0, 0.1) is 13.8 Å². The van der Waals surface area contributed by atoms with Crippen LogP contribution in [0.2, 0.25) is 0 Å². The third-order valence-electron chi connectivity index (χ3n) is 3.60. The molecule has 0 aliphatic heterocycles. The van der Waals surface area contributed by atoms with E-state index in [1.807, 2.05) is 13.8 Å². The van der Waals surface area contributed by atoms with Crippen molar-refractivity contribution in [3.05, 3.63) is 46.6 Å². The second kappa shape index (κ2) is 5.53. The number of aryl methyl sites for hydroxylation is 2. The van der Waals surface area contributed by atoms with Crippen LogP contribution in [0.5, 0.6) is 0 Å². The lowest BCUT2D eigenvalue weighted by Gasteiger charge is -2.09. The van der Waals surface area contributed by atoms with Gasteiger partial charge in [-0.15, -0.1) is 0 Å². The summed E-state index contributed by atoms with van der Waals surface area (Å²) in [4.78, 5) is 4.42. The summed E-state index contributed by atoms with van der Waals surface area (Å²) in [7, 11) is 0. The molecule has 0 saturated carbocycles. The molecule has 0 bridgehead atoms. The SMILES string of the molecule is Cc1ccc(Cc2noc(C(C)C(C)N)n2)cc1C. The maximum Gasteiger partial charge on any atom is 0.231 e. The quantitative estimate of drug-likeness (QED) is 0.917. The lowest BCUT2D eigenvalue weighted by atomic mass is 10.0. The molecule has 2 unspecified atom stereocenters. The molecule has 2 rings (SSSR count). The molecule has 0 spiro atoms. The maximum atomic E-state index is 5.84. The molecule has 2 N–H and O–H groups in total. The number of hydrogen-bond donors (Lipinski definition) is 1. The monoisotopic (exact) mass is 259 g/mol.